The first-order valence-corrected chi connectivity index (χ1v) is 9.05. The van der Waals surface area contributed by atoms with E-state index in [1.807, 2.05) is 12.1 Å². The van der Waals surface area contributed by atoms with E-state index in [0.29, 0.717) is 4.90 Å². The summed E-state index contributed by atoms with van der Waals surface area (Å²) in [6, 6.07) is 7.10. The molecule has 0 unspecified atom stereocenters. The van der Waals surface area contributed by atoms with Gasteiger partial charge in [0.05, 0.1) is 4.90 Å². The lowest BCUT2D eigenvalue weighted by Gasteiger charge is -2.04. The average Bonchev–Trinajstić information content (AvgIpc) is 2.33. The van der Waals surface area contributed by atoms with Gasteiger partial charge in [-0.05, 0) is 55.9 Å². The minimum absolute atomic E-state index is 0.386. The number of nitrogens with one attached hydrogen (secondary N) is 1. The fraction of sp³-hybridized carbons (Fsp3) is 0.538. The third kappa shape index (κ3) is 5.89. The summed E-state index contributed by atoms with van der Waals surface area (Å²) in [4.78, 5) is 1.51. The highest BCUT2D eigenvalue weighted by Crippen LogP contribution is 2.20. The Morgan fingerprint density at radius 1 is 1.17 bits per heavy atom. The predicted molar refractivity (Wildman–Crippen MR) is 78.1 cm³/mol. The molecule has 0 radical (unpaired) electrons. The van der Waals surface area contributed by atoms with Crippen LogP contribution >= 0.6 is 11.8 Å². The van der Waals surface area contributed by atoms with Crippen LogP contribution in [-0.4, -0.2) is 33.5 Å². The van der Waals surface area contributed by atoms with Gasteiger partial charge in [0.1, 0.15) is 0 Å². The lowest BCUT2D eigenvalue weighted by Crippen LogP contribution is -2.16. The van der Waals surface area contributed by atoms with Crippen molar-refractivity contribution in [2.75, 3.05) is 25.1 Å². The summed E-state index contributed by atoms with van der Waals surface area (Å²) in [5.41, 5.74) is 0. The Bertz CT molecular complexity index is 441. The lowest BCUT2D eigenvalue weighted by molar-refractivity contribution is 0.602. The van der Waals surface area contributed by atoms with Gasteiger partial charge >= 0.3 is 0 Å². The van der Waals surface area contributed by atoms with Crippen molar-refractivity contribution in [1.82, 2.24) is 5.32 Å². The van der Waals surface area contributed by atoms with Gasteiger partial charge in [0.25, 0.3) is 0 Å². The zero-order valence-corrected chi connectivity index (χ0v) is 12.6. The fourth-order valence-electron chi connectivity index (χ4n) is 1.47. The van der Waals surface area contributed by atoms with Gasteiger partial charge in [0.15, 0.2) is 9.84 Å². The highest BCUT2D eigenvalue weighted by atomic mass is 32.2. The molecule has 1 rings (SSSR count). The van der Waals surface area contributed by atoms with E-state index in [4.69, 9.17) is 0 Å². The Morgan fingerprint density at radius 3 is 2.39 bits per heavy atom. The first-order chi connectivity index (χ1) is 8.54. The summed E-state index contributed by atoms with van der Waals surface area (Å²) in [5.74, 6) is 1.05. The minimum Gasteiger partial charge on any atom is -0.317 e. The molecule has 1 N–H and O–H groups in total. The molecule has 0 spiro atoms. The molecule has 1 aromatic carbocycles. The highest BCUT2D eigenvalue weighted by Gasteiger charge is 2.05. The van der Waals surface area contributed by atoms with Crippen LogP contribution in [-0.2, 0) is 9.84 Å². The van der Waals surface area contributed by atoms with Crippen molar-refractivity contribution < 1.29 is 8.42 Å². The Hall–Kier alpha value is -0.520. The van der Waals surface area contributed by atoms with Gasteiger partial charge in [-0.25, -0.2) is 8.42 Å². The second kappa shape index (κ2) is 7.81. The maximum atomic E-state index is 11.3. The molecule has 5 heteroatoms. The van der Waals surface area contributed by atoms with Gasteiger partial charge in [-0.15, -0.1) is 11.8 Å². The molecule has 0 aliphatic rings. The van der Waals surface area contributed by atoms with Gasteiger partial charge in [0.2, 0.25) is 0 Å². The second-order valence-electron chi connectivity index (χ2n) is 4.20. The van der Waals surface area contributed by atoms with E-state index in [1.54, 1.807) is 23.9 Å². The zero-order chi connectivity index (χ0) is 13.4. The van der Waals surface area contributed by atoms with Crippen LogP contribution in [0.3, 0.4) is 0 Å². The minimum atomic E-state index is -3.07. The largest absolute Gasteiger partial charge is 0.317 e. The van der Waals surface area contributed by atoms with Crippen LogP contribution in [0.4, 0.5) is 0 Å². The predicted octanol–water partition coefficient (Wildman–Crippen LogP) is 2.57. The molecule has 0 fully saturated rings. The molecule has 0 heterocycles. The smallest absolute Gasteiger partial charge is 0.175 e. The molecular formula is C13H21NO2S2. The number of sulfone groups is 1. The van der Waals surface area contributed by atoms with E-state index < -0.39 is 9.84 Å². The molecule has 0 aliphatic heterocycles. The Morgan fingerprint density at radius 2 is 1.83 bits per heavy atom. The summed E-state index contributed by atoms with van der Waals surface area (Å²) in [6.07, 6.45) is 3.52. The van der Waals surface area contributed by atoms with Gasteiger partial charge in [-0.1, -0.05) is 6.92 Å². The first-order valence-electron chi connectivity index (χ1n) is 6.17. The Kier molecular flexibility index (Phi) is 6.75. The van der Waals surface area contributed by atoms with Crippen LogP contribution in [0.15, 0.2) is 34.1 Å². The molecule has 0 amide bonds. The summed E-state index contributed by atoms with van der Waals surface area (Å²) < 4.78 is 22.6. The van der Waals surface area contributed by atoms with E-state index in [1.165, 1.54) is 12.7 Å². The van der Waals surface area contributed by atoms with Crippen LogP contribution in [0.25, 0.3) is 0 Å². The van der Waals surface area contributed by atoms with Crippen LogP contribution < -0.4 is 5.32 Å². The van der Waals surface area contributed by atoms with Crippen molar-refractivity contribution in [2.45, 2.75) is 29.6 Å². The molecule has 0 aliphatic carbocycles. The van der Waals surface area contributed by atoms with E-state index in [2.05, 4.69) is 12.2 Å². The number of rotatable bonds is 8. The SMILES string of the molecule is CCCNCCCSc1ccc(S(C)(=O)=O)cc1. The third-order valence-electron chi connectivity index (χ3n) is 2.45. The third-order valence-corrected chi connectivity index (χ3v) is 4.67. The molecule has 1 aromatic rings. The Labute approximate surface area is 114 Å². The van der Waals surface area contributed by atoms with Gasteiger partial charge in [-0.3, -0.25) is 0 Å². The molecule has 0 saturated heterocycles. The van der Waals surface area contributed by atoms with Crippen molar-refractivity contribution in [3.8, 4) is 0 Å². The first kappa shape index (κ1) is 15.5. The lowest BCUT2D eigenvalue weighted by atomic mass is 10.4. The van der Waals surface area contributed by atoms with Gasteiger partial charge in [0, 0.05) is 11.2 Å². The standard InChI is InChI=1S/C13H21NO2S2/c1-3-9-14-10-4-11-17-12-5-7-13(8-6-12)18(2,15)16/h5-8,14H,3-4,9-11H2,1-2H3. The molecule has 18 heavy (non-hydrogen) atoms. The quantitative estimate of drug-likeness (QED) is 0.589. The highest BCUT2D eigenvalue weighted by molar-refractivity contribution is 7.99. The maximum Gasteiger partial charge on any atom is 0.175 e. The Balaban J connectivity index is 2.32. The van der Waals surface area contributed by atoms with Gasteiger partial charge in [-0.2, -0.15) is 0 Å². The number of hydrogen-bond donors (Lipinski definition) is 1. The molecule has 0 atom stereocenters. The number of hydrogen-bond acceptors (Lipinski definition) is 4. The van der Waals surface area contributed by atoms with Crippen molar-refractivity contribution >= 4 is 21.6 Å². The van der Waals surface area contributed by atoms with E-state index >= 15 is 0 Å². The van der Waals surface area contributed by atoms with Crippen LogP contribution in [0.5, 0.6) is 0 Å². The monoisotopic (exact) mass is 287 g/mol. The fourth-order valence-corrected chi connectivity index (χ4v) is 2.96. The van der Waals surface area contributed by atoms with Crippen molar-refractivity contribution in [2.24, 2.45) is 0 Å². The molecule has 0 aromatic heterocycles. The summed E-state index contributed by atoms with van der Waals surface area (Å²) in [5, 5.41) is 3.36. The van der Waals surface area contributed by atoms with Crippen LogP contribution in [0.1, 0.15) is 19.8 Å². The maximum absolute atomic E-state index is 11.3. The van der Waals surface area contributed by atoms with Crippen molar-refractivity contribution in [3.63, 3.8) is 0 Å². The summed E-state index contributed by atoms with van der Waals surface area (Å²) in [7, 11) is -3.07. The molecule has 0 saturated carbocycles. The topological polar surface area (TPSA) is 46.2 Å². The summed E-state index contributed by atoms with van der Waals surface area (Å²) >= 11 is 1.76. The van der Waals surface area contributed by atoms with E-state index in [0.717, 1.165) is 30.2 Å². The normalized spacial score (nSPS) is 11.7. The van der Waals surface area contributed by atoms with Gasteiger partial charge < -0.3 is 5.32 Å². The second-order valence-corrected chi connectivity index (χ2v) is 7.38. The number of benzene rings is 1. The van der Waals surface area contributed by atoms with E-state index in [9.17, 15) is 8.42 Å². The van der Waals surface area contributed by atoms with Crippen molar-refractivity contribution in [1.29, 1.82) is 0 Å². The van der Waals surface area contributed by atoms with Crippen molar-refractivity contribution in [3.05, 3.63) is 24.3 Å². The number of thioether (sulfide) groups is 1. The van der Waals surface area contributed by atoms with Crippen LogP contribution in [0, 0.1) is 0 Å². The van der Waals surface area contributed by atoms with E-state index in [-0.39, 0.29) is 0 Å². The summed E-state index contributed by atoms with van der Waals surface area (Å²) in [6.45, 7) is 4.28. The van der Waals surface area contributed by atoms with Crippen LogP contribution in [0.2, 0.25) is 0 Å². The molecular weight excluding hydrogens is 266 g/mol. The zero-order valence-electron chi connectivity index (χ0n) is 11.0. The molecule has 102 valence electrons. The average molecular weight is 287 g/mol. The molecule has 0 bridgehead atoms. The molecule has 3 nitrogen and oxygen atoms in total.